The fraction of sp³-hybridized carbons (Fsp3) is 0.0952. The van der Waals surface area contributed by atoms with Gasteiger partial charge in [-0.15, -0.1) is 0 Å². The second-order valence-electron chi connectivity index (χ2n) is 6.61. The van der Waals surface area contributed by atoms with Crippen LogP contribution in [0.25, 0.3) is 0 Å². The smallest absolute Gasteiger partial charge is 0.270 e. The van der Waals surface area contributed by atoms with Gasteiger partial charge in [-0.2, -0.15) is 0 Å². The van der Waals surface area contributed by atoms with Gasteiger partial charge in [-0.05, 0) is 42.5 Å². The van der Waals surface area contributed by atoms with Crippen LogP contribution in [0.2, 0.25) is 10.0 Å². The monoisotopic (exact) mass is 509 g/mol. The molecule has 3 aromatic carbocycles. The minimum atomic E-state index is -4.49. The molecule has 0 aromatic heterocycles. The summed E-state index contributed by atoms with van der Waals surface area (Å²) < 4.78 is 33.0. The minimum Gasteiger partial charge on any atom is -0.495 e. The van der Waals surface area contributed by atoms with E-state index < -0.39 is 38.0 Å². The molecule has 3 aromatic rings. The highest BCUT2D eigenvalue weighted by atomic mass is 35.5. The number of halogens is 2. The van der Waals surface area contributed by atoms with E-state index in [0.29, 0.717) is 16.5 Å². The molecule has 0 fully saturated rings. The zero-order valence-electron chi connectivity index (χ0n) is 17.1. The molecule has 0 aliphatic rings. The largest absolute Gasteiger partial charge is 0.495 e. The van der Waals surface area contributed by atoms with E-state index in [-0.39, 0.29) is 10.7 Å². The quantitative estimate of drug-likeness (QED) is 0.345. The molecule has 9 nitrogen and oxygen atoms in total. The van der Waals surface area contributed by atoms with Crippen molar-refractivity contribution < 1.29 is 22.9 Å². The SMILES string of the molecule is COc1ccccc1NC(=O)CN(c1ccc(Cl)cc1)S(=O)(=O)c1cc([N+](=O)[O-])ccc1Cl. The van der Waals surface area contributed by atoms with Crippen LogP contribution < -0.4 is 14.4 Å². The number of methoxy groups -OCH3 is 1. The number of carbonyl (C=O) groups is 1. The first kappa shape index (κ1) is 24.3. The number of anilines is 2. The average Bonchev–Trinajstić information content (AvgIpc) is 2.78. The maximum absolute atomic E-state index is 13.5. The zero-order chi connectivity index (χ0) is 24.2. The van der Waals surface area contributed by atoms with Gasteiger partial charge in [0.25, 0.3) is 15.7 Å². The average molecular weight is 510 g/mol. The van der Waals surface area contributed by atoms with Gasteiger partial charge in [-0.25, -0.2) is 8.42 Å². The van der Waals surface area contributed by atoms with E-state index >= 15 is 0 Å². The first-order valence-electron chi connectivity index (χ1n) is 9.28. The predicted molar refractivity (Wildman–Crippen MR) is 126 cm³/mol. The third-order valence-electron chi connectivity index (χ3n) is 4.48. The number of non-ortho nitro benzene ring substituents is 1. The lowest BCUT2D eigenvalue weighted by atomic mass is 10.3. The lowest BCUT2D eigenvalue weighted by Gasteiger charge is -2.24. The molecule has 0 saturated heterocycles. The molecule has 0 aliphatic heterocycles. The molecule has 1 N–H and O–H groups in total. The predicted octanol–water partition coefficient (Wildman–Crippen LogP) is 4.74. The molecule has 0 spiro atoms. The Balaban J connectivity index is 2.03. The first-order valence-corrected chi connectivity index (χ1v) is 11.5. The molecule has 0 unspecified atom stereocenters. The third kappa shape index (κ3) is 5.54. The number of ether oxygens (including phenoxy) is 1. The summed E-state index contributed by atoms with van der Waals surface area (Å²) in [5.74, 6) is -0.298. The summed E-state index contributed by atoms with van der Waals surface area (Å²) in [6, 6.07) is 15.4. The Hall–Kier alpha value is -3.34. The Morgan fingerprint density at radius 1 is 1.09 bits per heavy atom. The lowest BCUT2D eigenvalue weighted by Crippen LogP contribution is -2.38. The molecule has 0 heterocycles. The van der Waals surface area contributed by atoms with Crippen molar-refractivity contribution in [2.45, 2.75) is 4.90 Å². The molecule has 3 rings (SSSR count). The molecular formula is C21H17Cl2N3O6S. The summed E-state index contributed by atoms with van der Waals surface area (Å²) in [6.07, 6.45) is 0. The Morgan fingerprint density at radius 2 is 1.76 bits per heavy atom. The van der Waals surface area contributed by atoms with Gasteiger partial charge < -0.3 is 10.1 Å². The van der Waals surface area contributed by atoms with Gasteiger partial charge in [0.05, 0.1) is 28.4 Å². The molecule has 33 heavy (non-hydrogen) atoms. The highest BCUT2D eigenvalue weighted by Crippen LogP contribution is 2.32. The lowest BCUT2D eigenvalue weighted by molar-refractivity contribution is -0.385. The maximum atomic E-state index is 13.5. The van der Waals surface area contributed by atoms with E-state index in [2.05, 4.69) is 5.32 Å². The van der Waals surface area contributed by atoms with Crippen molar-refractivity contribution in [2.75, 3.05) is 23.3 Å². The number of nitrogens with zero attached hydrogens (tertiary/aromatic N) is 2. The second kappa shape index (κ2) is 10.1. The van der Waals surface area contributed by atoms with Crippen LogP contribution in [0, 0.1) is 10.1 Å². The molecule has 0 aliphatic carbocycles. The van der Waals surface area contributed by atoms with Crippen molar-refractivity contribution in [2.24, 2.45) is 0 Å². The van der Waals surface area contributed by atoms with Crippen LogP contribution in [-0.4, -0.2) is 32.9 Å². The van der Waals surface area contributed by atoms with E-state index in [1.807, 2.05) is 0 Å². The maximum Gasteiger partial charge on any atom is 0.270 e. The van der Waals surface area contributed by atoms with Crippen LogP contribution in [0.5, 0.6) is 5.75 Å². The van der Waals surface area contributed by atoms with Crippen molar-refractivity contribution in [1.82, 2.24) is 0 Å². The van der Waals surface area contributed by atoms with Gasteiger partial charge >= 0.3 is 0 Å². The van der Waals surface area contributed by atoms with E-state index in [4.69, 9.17) is 27.9 Å². The fourth-order valence-corrected chi connectivity index (χ4v) is 4.96. The van der Waals surface area contributed by atoms with Crippen LogP contribution in [0.3, 0.4) is 0 Å². The van der Waals surface area contributed by atoms with Crippen LogP contribution in [0.1, 0.15) is 0 Å². The summed E-state index contributed by atoms with van der Waals surface area (Å²) in [6.45, 7) is -0.652. The van der Waals surface area contributed by atoms with Crippen LogP contribution in [0.4, 0.5) is 17.1 Å². The minimum absolute atomic E-state index is 0.108. The van der Waals surface area contributed by atoms with Crippen molar-refractivity contribution >= 4 is 56.2 Å². The summed E-state index contributed by atoms with van der Waals surface area (Å²) in [4.78, 5) is 22.7. The normalized spacial score (nSPS) is 11.0. The Kier molecular flexibility index (Phi) is 7.42. The van der Waals surface area contributed by atoms with E-state index in [1.54, 1.807) is 24.3 Å². The number of nitro benzene ring substituents is 1. The molecule has 12 heteroatoms. The van der Waals surface area contributed by atoms with Crippen molar-refractivity contribution in [3.8, 4) is 5.75 Å². The number of carbonyl (C=O) groups excluding carboxylic acids is 1. The number of hydrogen-bond donors (Lipinski definition) is 1. The zero-order valence-corrected chi connectivity index (χ0v) is 19.4. The van der Waals surface area contributed by atoms with Gasteiger partial charge in [0, 0.05) is 17.2 Å². The molecule has 0 bridgehead atoms. The number of rotatable bonds is 8. The van der Waals surface area contributed by atoms with Gasteiger partial charge in [0.1, 0.15) is 17.2 Å². The molecule has 0 radical (unpaired) electrons. The molecule has 0 saturated carbocycles. The summed E-state index contributed by atoms with van der Waals surface area (Å²) in [5, 5.41) is 13.9. The number of nitrogens with one attached hydrogen (secondary N) is 1. The summed E-state index contributed by atoms with van der Waals surface area (Å²) in [7, 11) is -3.06. The second-order valence-corrected chi connectivity index (χ2v) is 9.28. The first-order chi connectivity index (χ1) is 15.6. The molecule has 0 atom stereocenters. The van der Waals surface area contributed by atoms with Crippen LogP contribution >= 0.6 is 23.2 Å². The van der Waals surface area contributed by atoms with E-state index in [9.17, 15) is 23.3 Å². The fourth-order valence-electron chi connectivity index (χ4n) is 2.91. The van der Waals surface area contributed by atoms with E-state index in [0.717, 1.165) is 22.5 Å². The number of amides is 1. The van der Waals surface area contributed by atoms with Gasteiger partial charge in [0.15, 0.2) is 0 Å². The topological polar surface area (TPSA) is 119 Å². The number of para-hydroxylation sites is 2. The van der Waals surface area contributed by atoms with Gasteiger partial charge in [0.2, 0.25) is 5.91 Å². The molecule has 172 valence electrons. The Bertz CT molecular complexity index is 1300. The number of benzene rings is 3. The van der Waals surface area contributed by atoms with Crippen molar-refractivity contribution in [1.29, 1.82) is 0 Å². The molecule has 1 amide bonds. The number of hydrogen-bond acceptors (Lipinski definition) is 6. The van der Waals surface area contributed by atoms with Crippen molar-refractivity contribution in [3.05, 3.63) is 86.9 Å². The van der Waals surface area contributed by atoms with Gasteiger partial charge in [-0.1, -0.05) is 35.3 Å². The highest BCUT2D eigenvalue weighted by molar-refractivity contribution is 7.93. The third-order valence-corrected chi connectivity index (χ3v) is 6.98. The molecular weight excluding hydrogens is 493 g/mol. The Morgan fingerprint density at radius 3 is 2.39 bits per heavy atom. The van der Waals surface area contributed by atoms with Crippen LogP contribution in [-0.2, 0) is 14.8 Å². The van der Waals surface area contributed by atoms with Gasteiger partial charge in [-0.3, -0.25) is 19.2 Å². The standard InChI is InChI=1S/C21H17Cl2N3O6S/c1-32-19-5-3-2-4-18(19)24-21(27)13-25(15-8-6-14(22)7-9-15)33(30,31)20-12-16(26(28)29)10-11-17(20)23/h2-12H,13H2,1H3,(H,24,27). The Labute approximate surface area is 199 Å². The summed E-state index contributed by atoms with van der Waals surface area (Å²) >= 11 is 12.0. The number of sulfonamides is 1. The highest BCUT2D eigenvalue weighted by Gasteiger charge is 2.31. The van der Waals surface area contributed by atoms with Crippen molar-refractivity contribution in [3.63, 3.8) is 0 Å². The number of nitro groups is 1. The van der Waals surface area contributed by atoms with E-state index in [1.165, 1.54) is 31.4 Å². The summed E-state index contributed by atoms with van der Waals surface area (Å²) in [5.41, 5.74) is -0.0171. The van der Waals surface area contributed by atoms with Crippen LogP contribution in [0.15, 0.2) is 71.6 Å².